The fraction of sp³-hybridized carbons (Fsp3) is 0.273. The Labute approximate surface area is 103 Å². The lowest BCUT2D eigenvalue weighted by molar-refractivity contribution is -0.150. The molecule has 0 bridgehead atoms. The Balaban J connectivity index is 2.12. The largest absolute Gasteiger partial charge is 0.479 e. The average Bonchev–Trinajstić information content (AvgIpc) is 2.85. The van der Waals surface area contributed by atoms with Gasteiger partial charge in [0.05, 0.1) is 5.69 Å². The number of carboxylic acid groups (broad SMARTS) is 1. The van der Waals surface area contributed by atoms with Crippen molar-refractivity contribution in [3.8, 4) is 5.69 Å². The van der Waals surface area contributed by atoms with Gasteiger partial charge in [0.15, 0.2) is 11.9 Å². The Morgan fingerprint density at radius 2 is 2.17 bits per heavy atom. The number of aromatic nitrogens is 4. The van der Waals surface area contributed by atoms with E-state index in [0.717, 1.165) is 5.69 Å². The first kappa shape index (κ1) is 12.2. The summed E-state index contributed by atoms with van der Waals surface area (Å²) in [5.74, 6) is -0.567. The normalized spacial score (nSPS) is 12.3. The van der Waals surface area contributed by atoms with Gasteiger partial charge in [-0.25, -0.2) is 4.79 Å². The molecule has 1 atom stereocenters. The molecule has 2 aromatic rings. The van der Waals surface area contributed by atoms with Gasteiger partial charge >= 0.3 is 5.97 Å². The number of aliphatic carboxylic acids is 1. The molecule has 7 nitrogen and oxygen atoms in total. The first-order chi connectivity index (χ1) is 8.68. The van der Waals surface area contributed by atoms with Crippen LogP contribution in [-0.2, 0) is 16.1 Å². The van der Waals surface area contributed by atoms with E-state index in [1.54, 1.807) is 0 Å². The Hall–Kier alpha value is -2.28. The minimum absolute atomic E-state index is 0.0371. The van der Waals surface area contributed by atoms with Gasteiger partial charge in [-0.05, 0) is 29.5 Å². The van der Waals surface area contributed by atoms with Crippen molar-refractivity contribution in [2.75, 3.05) is 0 Å². The number of nitrogens with zero attached hydrogens (tertiary/aromatic N) is 4. The second-order valence-corrected chi connectivity index (χ2v) is 3.63. The lowest BCUT2D eigenvalue weighted by atomic mass is 10.3. The van der Waals surface area contributed by atoms with Crippen LogP contribution in [0.2, 0.25) is 0 Å². The summed E-state index contributed by atoms with van der Waals surface area (Å²) in [5, 5.41) is 19.9. The fourth-order valence-electron chi connectivity index (χ4n) is 1.34. The van der Waals surface area contributed by atoms with Crippen molar-refractivity contribution in [3.63, 3.8) is 0 Å². The molecule has 2 rings (SSSR count). The molecule has 7 heteroatoms. The van der Waals surface area contributed by atoms with E-state index in [9.17, 15) is 4.79 Å². The maximum atomic E-state index is 10.6. The molecule has 1 heterocycles. The molecule has 0 unspecified atom stereocenters. The van der Waals surface area contributed by atoms with Gasteiger partial charge in [0, 0.05) is 0 Å². The number of ether oxygens (including phenoxy) is 1. The topological polar surface area (TPSA) is 90.1 Å². The number of carboxylic acids is 1. The van der Waals surface area contributed by atoms with E-state index in [2.05, 4.69) is 15.5 Å². The molecule has 0 spiro atoms. The lowest BCUT2D eigenvalue weighted by Crippen LogP contribution is -2.20. The number of benzene rings is 1. The lowest BCUT2D eigenvalue weighted by Gasteiger charge is -2.08. The second kappa shape index (κ2) is 5.37. The van der Waals surface area contributed by atoms with Crippen molar-refractivity contribution in [1.29, 1.82) is 0 Å². The van der Waals surface area contributed by atoms with Crippen LogP contribution in [0.1, 0.15) is 12.7 Å². The van der Waals surface area contributed by atoms with Crippen molar-refractivity contribution in [2.45, 2.75) is 19.6 Å². The summed E-state index contributed by atoms with van der Waals surface area (Å²) in [6.45, 7) is 1.49. The van der Waals surface area contributed by atoms with Crippen molar-refractivity contribution in [1.82, 2.24) is 20.2 Å². The predicted molar refractivity (Wildman–Crippen MR) is 61.0 cm³/mol. The van der Waals surface area contributed by atoms with Crippen molar-refractivity contribution >= 4 is 5.97 Å². The molecule has 1 aromatic carbocycles. The summed E-state index contributed by atoms with van der Waals surface area (Å²) in [6.07, 6.45) is -0.897. The molecule has 18 heavy (non-hydrogen) atoms. The maximum absolute atomic E-state index is 10.6. The fourth-order valence-corrected chi connectivity index (χ4v) is 1.34. The summed E-state index contributed by atoms with van der Waals surface area (Å²) >= 11 is 0. The van der Waals surface area contributed by atoms with Crippen LogP contribution in [0.15, 0.2) is 30.3 Å². The summed E-state index contributed by atoms with van der Waals surface area (Å²) in [6, 6.07) is 9.31. The van der Waals surface area contributed by atoms with Gasteiger partial charge in [0.1, 0.15) is 6.61 Å². The second-order valence-electron chi connectivity index (χ2n) is 3.63. The van der Waals surface area contributed by atoms with Crippen LogP contribution in [0.4, 0.5) is 0 Å². The number of rotatable bonds is 5. The molecular weight excluding hydrogens is 236 g/mol. The minimum Gasteiger partial charge on any atom is -0.479 e. The van der Waals surface area contributed by atoms with Crippen LogP contribution >= 0.6 is 0 Å². The van der Waals surface area contributed by atoms with Crippen LogP contribution in [0, 0.1) is 0 Å². The highest BCUT2D eigenvalue weighted by Crippen LogP contribution is 2.08. The minimum atomic E-state index is -1.02. The van der Waals surface area contributed by atoms with Gasteiger partial charge in [-0.1, -0.05) is 18.2 Å². The van der Waals surface area contributed by atoms with Gasteiger partial charge in [-0.15, -0.1) is 5.10 Å². The molecule has 0 amide bonds. The highest BCUT2D eigenvalue weighted by molar-refractivity contribution is 5.71. The molecular formula is C11H12N4O3. The SMILES string of the molecule is C[C@H](OCc1nnnn1-c1ccccc1)C(=O)O. The zero-order chi connectivity index (χ0) is 13.0. The van der Waals surface area contributed by atoms with Crippen molar-refractivity contribution in [3.05, 3.63) is 36.2 Å². The highest BCUT2D eigenvalue weighted by atomic mass is 16.5. The van der Waals surface area contributed by atoms with Gasteiger partial charge in [0.25, 0.3) is 0 Å². The van der Waals surface area contributed by atoms with Gasteiger partial charge < -0.3 is 9.84 Å². The quantitative estimate of drug-likeness (QED) is 0.835. The highest BCUT2D eigenvalue weighted by Gasteiger charge is 2.14. The molecule has 1 N–H and O–H groups in total. The molecule has 0 radical (unpaired) electrons. The van der Waals surface area contributed by atoms with E-state index < -0.39 is 12.1 Å². The number of para-hydroxylation sites is 1. The summed E-state index contributed by atoms with van der Waals surface area (Å²) in [7, 11) is 0. The third-order valence-corrected chi connectivity index (χ3v) is 2.35. The predicted octanol–water partition coefficient (Wildman–Crippen LogP) is 0.652. The molecule has 0 saturated heterocycles. The molecule has 0 fully saturated rings. The van der Waals surface area contributed by atoms with E-state index in [1.165, 1.54) is 11.6 Å². The molecule has 0 aliphatic carbocycles. The average molecular weight is 248 g/mol. The first-order valence-corrected chi connectivity index (χ1v) is 5.35. The smallest absolute Gasteiger partial charge is 0.332 e. The van der Waals surface area contributed by atoms with Crippen LogP contribution in [0.5, 0.6) is 0 Å². The van der Waals surface area contributed by atoms with Gasteiger partial charge in [0.2, 0.25) is 0 Å². The summed E-state index contributed by atoms with van der Waals surface area (Å²) in [5.41, 5.74) is 0.795. The van der Waals surface area contributed by atoms with Crippen LogP contribution < -0.4 is 0 Å². The number of carbonyl (C=O) groups is 1. The molecule has 0 aliphatic heterocycles. The Morgan fingerprint density at radius 3 is 2.83 bits per heavy atom. The molecule has 94 valence electrons. The molecule has 0 saturated carbocycles. The van der Waals surface area contributed by atoms with E-state index in [4.69, 9.17) is 9.84 Å². The zero-order valence-electron chi connectivity index (χ0n) is 9.72. The van der Waals surface area contributed by atoms with Crippen molar-refractivity contribution < 1.29 is 14.6 Å². The Kier molecular flexibility index (Phi) is 3.63. The third-order valence-electron chi connectivity index (χ3n) is 2.35. The molecule has 0 aliphatic rings. The van der Waals surface area contributed by atoms with Crippen LogP contribution in [0.3, 0.4) is 0 Å². The zero-order valence-corrected chi connectivity index (χ0v) is 9.72. The molecule has 1 aromatic heterocycles. The number of tetrazole rings is 1. The summed E-state index contributed by atoms with van der Waals surface area (Å²) in [4.78, 5) is 10.6. The number of hydrogen-bond acceptors (Lipinski definition) is 5. The standard InChI is InChI=1S/C11H12N4O3/c1-8(11(16)17)18-7-10-12-13-14-15(10)9-5-3-2-4-6-9/h2-6,8H,7H2,1H3,(H,16,17)/t8-/m0/s1. The Morgan fingerprint density at radius 1 is 1.44 bits per heavy atom. The van der Waals surface area contributed by atoms with E-state index >= 15 is 0 Å². The van der Waals surface area contributed by atoms with E-state index in [1.807, 2.05) is 30.3 Å². The van der Waals surface area contributed by atoms with E-state index in [0.29, 0.717) is 5.82 Å². The van der Waals surface area contributed by atoms with Crippen LogP contribution in [-0.4, -0.2) is 37.4 Å². The van der Waals surface area contributed by atoms with Gasteiger partial charge in [-0.3, -0.25) is 0 Å². The monoisotopic (exact) mass is 248 g/mol. The van der Waals surface area contributed by atoms with Crippen LogP contribution in [0.25, 0.3) is 5.69 Å². The maximum Gasteiger partial charge on any atom is 0.332 e. The number of hydrogen-bond donors (Lipinski definition) is 1. The third kappa shape index (κ3) is 2.69. The van der Waals surface area contributed by atoms with E-state index in [-0.39, 0.29) is 6.61 Å². The van der Waals surface area contributed by atoms with Gasteiger partial charge in [-0.2, -0.15) is 4.68 Å². The van der Waals surface area contributed by atoms with Crippen molar-refractivity contribution in [2.24, 2.45) is 0 Å². The first-order valence-electron chi connectivity index (χ1n) is 5.35. The Bertz CT molecular complexity index is 526. The summed E-state index contributed by atoms with van der Waals surface area (Å²) < 4.78 is 6.66.